The van der Waals surface area contributed by atoms with Crippen molar-refractivity contribution in [3.63, 3.8) is 0 Å². The molecule has 0 fully saturated rings. The van der Waals surface area contributed by atoms with E-state index in [0.717, 1.165) is 5.56 Å². The van der Waals surface area contributed by atoms with Crippen LogP contribution in [0.4, 0.5) is 21.6 Å². The van der Waals surface area contributed by atoms with Gasteiger partial charge in [-0.2, -0.15) is 0 Å². The number of nitrogen functional groups attached to an aromatic ring is 1. The molecule has 5 heteroatoms. The van der Waals surface area contributed by atoms with Gasteiger partial charge in [-0.3, -0.25) is 0 Å². The van der Waals surface area contributed by atoms with Crippen LogP contribution in [0.3, 0.4) is 0 Å². The van der Waals surface area contributed by atoms with E-state index in [1.54, 1.807) is 18.3 Å². The standard InChI is InChI=1S/C12H11ClFN3/c1-7-6-16-12(5-11(7)15)17-8-2-3-10(14)9(13)4-8/h2-6H,1H3,(H3,15,16,17). The molecular formula is C12H11ClFN3. The van der Waals surface area contributed by atoms with Gasteiger partial charge < -0.3 is 11.1 Å². The fraction of sp³-hybridized carbons (Fsp3) is 0.0833. The number of nitrogens with zero attached hydrogens (tertiary/aromatic N) is 1. The van der Waals surface area contributed by atoms with Crippen molar-refractivity contribution in [2.24, 2.45) is 0 Å². The summed E-state index contributed by atoms with van der Waals surface area (Å²) < 4.78 is 13.0. The molecule has 2 aromatic rings. The molecule has 1 heterocycles. The first-order chi connectivity index (χ1) is 8.06. The molecule has 0 saturated carbocycles. The topological polar surface area (TPSA) is 50.9 Å². The average Bonchev–Trinajstić information content (AvgIpc) is 2.29. The minimum atomic E-state index is -0.450. The molecule has 0 aliphatic heterocycles. The van der Waals surface area contributed by atoms with Crippen molar-refractivity contribution in [2.45, 2.75) is 6.92 Å². The predicted molar refractivity (Wildman–Crippen MR) is 68.1 cm³/mol. The molecule has 0 aliphatic rings. The number of hydrogen-bond acceptors (Lipinski definition) is 3. The third-order valence-corrected chi connectivity index (χ3v) is 2.63. The van der Waals surface area contributed by atoms with E-state index in [0.29, 0.717) is 17.2 Å². The first-order valence-corrected chi connectivity index (χ1v) is 5.38. The van der Waals surface area contributed by atoms with E-state index in [2.05, 4.69) is 10.3 Å². The highest BCUT2D eigenvalue weighted by Gasteiger charge is 2.03. The van der Waals surface area contributed by atoms with Crippen LogP contribution in [0.5, 0.6) is 0 Å². The smallest absolute Gasteiger partial charge is 0.141 e. The Balaban J connectivity index is 2.25. The van der Waals surface area contributed by atoms with Crippen molar-refractivity contribution in [3.8, 4) is 0 Å². The normalized spacial score (nSPS) is 10.3. The summed E-state index contributed by atoms with van der Waals surface area (Å²) in [5.74, 6) is 0.143. The van der Waals surface area contributed by atoms with Crippen molar-refractivity contribution in [2.75, 3.05) is 11.1 Å². The largest absolute Gasteiger partial charge is 0.398 e. The molecule has 1 aromatic carbocycles. The van der Waals surface area contributed by atoms with Crippen LogP contribution >= 0.6 is 11.6 Å². The molecule has 0 atom stereocenters. The molecule has 17 heavy (non-hydrogen) atoms. The van der Waals surface area contributed by atoms with E-state index >= 15 is 0 Å². The zero-order valence-electron chi connectivity index (χ0n) is 9.17. The lowest BCUT2D eigenvalue weighted by molar-refractivity contribution is 0.628. The molecule has 3 nitrogen and oxygen atoms in total. The van der Waals surface area contributed by atoms with Crippen molar-refractivity contribution >= 4 is 28.8 Å². The maximum Gasteiger partial charge on any atom is 0.141 e. The number of rotatable bonds is 2. The van der Waals surface area contributed by atoms with Gasteiger partial charge in [-0.15, -0.1) is 0 Å². The number of anilines is 3. The van der Waals surface area contributed by atoms with Crippen LogP contribution in [0.2, 0.25) is 5.02 Å². The van der Waals surface area contributed by atoms with Crippen molar-refractivity contribution in [1.82, 2.24) is 4.98 Å². The van der Waals surface area contributed by atoms with Crippen LogP contribution < -0.4 is 11.1 Å². The second-order valence-corrected chi connectivity index (χ2v) is 4.09. The first-order valence-electron chi connectivity index (χ1n) is 5.00. The fourth-order valence-electron chi connectivity index (χ4n) is 1.33. The Kier molecular flexibility index (Phi) is 3.15. The van der Waals surface area contributed by atoms with Crippen molar-refractivity contribution < 1.29 is 4.39 Å². The van der Waals surface area contributed by atoms with Gasteiger partial charge in [-0.05, 0) is 30.7 Å². The molecule has 0 aliphatic carbocycles. The number of benzene rings is 1. The monoisotopic (exact) mass is 251 g/mol. The van der Waals surface area contributed by atoms with E-state index in [1.807, 2.05) is 6.92 Å². The Morgan fingerprint density at radius 1 is 1.35 bits per heavy atom. The lowest BCUT2D eigenvalue weighted by Gasteiger charge is -2.08. The summed E-state index contributed by atoms with van der Waals surface area (Å²) in [6, 6.07) is 6.09. The zero-order chi connectivity index (χ0) is 12.4. The van der Waals surface area contributed by atoms with Gasteiger partial charge >= 0.3 is 0 Å². The quantitative estimate of drug-likeness (QED) is 0.859. The molecule has 0 radical (unpaired) electrons. The van der Waals surface area contributed by atoms with E-state index in [4.69, 9.17) is 17.3 Å². The highest BCUT2D eigenvalue weighted by molar-refractivity contribution is 6.31. The third-order valence-electron chi connectivity index (χ3n) is 2.34. The van der Waals surface area contributed by atoms with Gasteiger partial charge in [-0.25, -0.2) is 9.37 Å². The summed E-state index contributed by atoms with van der Waals surface area (Å²) in [5.41, 5.74) is 7.98. The zero-order valence-corrected chi connectivity index (χ0v) is 9.92. The number of halogens is 2. The number of aromatic nitrogens is 1. The van der Waals surface area contributed by atoms with Crippen LogP contribution in [-0.4, -0.2) is 4.98 Å². The average molecular weight is 252 g/mol. The maximum atomic E-state index is 13.0. The fourth-order valence-corrected chi connectivity index (χ4v) is 1.51. The summed E-state index contributed by atoms with van der Waals surface area (Å²) in [6.07, 6.45) is 1.67. The van der Waals surface area contributed by atoms with Crippen LogP contribution in [0, 0.1) is 12.7 Å². The van der Waals surface area contributed by atoms with Crippen molar-refractivity contribution in [3.05, 3.63) is 46.9 Å². The van der Waals surface area contributed by atoms with Gasteiger partial charge in [-0.1, -0.05) is 11.6 Å². The van der Waals surface area contributed by atoms with Gasteiger partial charge in [0.15, 0.2) is 0 Å². The minimum absolute atomic E-state index is 0.0649. The summed E-state index contributed by atoms with van der Waals surface area (Å²) >= 11 is 5.68. The van der Waals surface area contributed by atoms with Gasteiger partial charge in [0.05, 0.1) is 5.02 Å². The summed E-state index contributed by atoms with van der Waals surface area (Å²) in [6.45, 7) is 1.88. The van der Waals surface area contributed by atoms with E-state index in [9.17, 15) is 4.39 Å². The Morgan fingerprint density at radius 2 is 2.12 bits per heavy atom. The Hall–Kier alpha value is -1.81. The first kappa shape index (κ1) is 11.7. The molecule has 0 bridgehead atoms. The molecule has 3 N–H and O–H groups in total. The number of pyridine rings is 1. The highest BCUT2D eigenvalue weighted by atomic mass is 35.5. The molecular weight excluding hydrogens is 241 g/mol. The van der Waals surface area contributed by atoms with E-state index in [-0.39, 0.29) is 5.02 Å². The third kappa shape index (κ3) is 2.65. The Morgan fingerprint density at radius 3 is 2.76 bits per heavy atom. The SMILES string of the molecule is Cc1cnc(Nc2ccc(F)c(Cl)c2)cc1N. The summed E-state index contributed by atoms with van der Waals surface area (Å²) in [5, 5.41) is 3.06. The van der Waals surface area contributed by atoms with E-state index in [1.165, 1.54) is 12.1 Å². The second-order valence-electron chi connectivity index (χ2n) is 3.68. The Bertz CT molecular complexity index is 508. The van der Waals surface area contributed by atoms with E-state index < -0.39 is 5.82 Å². The van der Waals surface area contributed by atoms with Gasteiger partial charge in [0.1, 0.15) is 11.6 Å². The maximum absolute atomic E-state index is 13.0. The van der Waals surface area contributed by atoms with Gasteiger partial charge in [0.2, 0.25) is 0 Å². The Labute approximate surface area is 103 Å². The van der Waals surface area contributed by atoms with Gasteiger partial charge in [0, 0.05) is 23.6 Å². The summed E-state index contributed by atoms with van der Waals surface area (Å²) in [7, 11) is 0. The predicted octanol–water partition coefficient (Wildman–Crippen LogP) is 3.51. The number of nitrogens with one attached hydrogen (secondary N) is 1. The molecule has 88 valence electrons. The molecule has 1 aromatic heterocycles. The number of hydrogen-bond donors (Lipinski definition) is 2. The number of nitrogens with two attached hydrogens (primary N) is 1. The van der Waals surface area contributed by atoms with Crippen molar-refractivity contribution in [1.29, 1.82) is 0 Å². The molecule has 2 rings (SSSR count). The molecule has 0 spiro atoms. The van der Waals surface area contributed by atoms with Crippen LogP contribution in [0.25, 0.3) is 0 Å². The van der Waals surface area contributed by atoms with Crippen LogP contribution in [-0.2, 0) is 0 Å². The molecule has 0 amide bonds. The molecule has 0 unspecified atom stereocenters. The molecule has 0 saturated heterocycles. The summed E-state index contributed by atoms with van der Waals surface area (Å²) in [4.78, 5) is 4.16. The lowest BCUT2D eigenvalue weighted by Crippen LogP contribution is -1.97. The second kappa shape index (κ2) is 4.59. The number of aryl methyl sites for hydroxylation is 1. The minimum Gasteiger partial charge on any atom is -0.398 e. The van der Waals surface area contributed by atoms with Crippen LogP contribution in [0.15, 0.2) is 30.5 Å². The van der Waals surface area contributed by atoms with Gasteiger partial charge in [0.25, 0.3) is 0 Å². The van der Waals surface area contributed by atoms with Crippen LogP contribution in [0.1, 0.15) is 5.56 Å². The highest BCUT2D eigenvalue weighted by Crippen LogP contribution is 2.23. The lowest BCUT2D eigenvalue weighted by atomic mass is 10.2.